The molecule has 0 spiro atoms. The summed E-state index contributed by atoms with van der Waals surface area (Å²) in [6.45, 7) is 2.10. The third-order valence-corrected chi connectivity index (χ3v) is 7.51. The van der Waals surface area contributed by atoms with Crippen molar-refractivity contribution >= 4 is 54.6 Å². The van der Waals surface area contributed by atoms with Crippen LogP contribution in [0.4, 0.5) is 0 Å². The zero-order chi connectivity index (χ0) is 24.5. The van der Waals surface area contributed by atoms with Gasteiger partial charge >= 0.3 is 0 Å². The van der Waals surface area contributed by atoms with Crippen molar-refractivity contribution in [1.82, 2.24) is 0 Å². The van der Waals surface area contributed by atoms with Crippen LogP contribution in [0.1, 0.15) is 5.56 Å². The number of furan rings is 2. The van der Waals surface area contributed by atoms with Gasteiger partial charge in [-0.15, -0.1) is 0 Å². The fourth-order valence-electron chi connectivity index (χ4n) is 5.79. The highest BCUT2D eigenvalue weighted by Gasteiger charge is 2.19. The number of benzene rings is 6. The van der Waals surface area contributed by atoms with E-state index in [0.717, 1.165) is 55.0 Å². The molecule has 0 fully saturated rings. The summed E-state index contributed by atoms with van der Waals surface area (Å²) < 4.78 is 12.9. The molecule has 0 radical (unpaired) electrons. The van der Waals surface area contributed by atoms with Gasteiger partial charge in [0.2, 0.25) is 0 Å². The summed E-state index contributed by atoms with van der Waals surface area (Å²) in [5.74, 6) is 0. The van der Waals surface area contributed by atoms with Crippen molar-refractivity contribution in [1.29, 1.82) is 0 Å². The second-order valence-corrected chi connectivity index (χ2v) is 9.81. The first-order valence-electron chi connectivity index (χ1n) is 12.6. The lowest BCUT2D eigenvalue weighted by molar-refractivity contribution is 0.668. The summed E-state index contributed by atoms with van der Waals surface area (Å²) in [6, 6.07) is 40.6. The van der Waals surface area contributed by atoms with E-state index in [9.17, 15) is 0 Å². The normalized spacial score (nSPS) is 11.9. The lowest BCUT2D eigenvalue weighted by Gasteiger charge is -2.08. The highest BCUT2D eigenvalue weighted by atomic mass is 16.3. The van der Waals surface area contributed by atoms with Crippen molar-refractivity contribution in [3.63, 3.8) is 0 Å². The van der Waals surface area contributed by atoms with Gasteiger partial charge in [0.1, 0.15) is 22.3 Å². The van der Waals surface area contributed by atoms with Gasteiger partial charge in [-0.25, -0.2) is 0 Å². The van der Waals surface area contributed by atoms with Crippen LogP contribution >= 0.6 is 0 Å². The van der Waals surface area contributed by atoms with Crippen molar-refractivity contribution in [2.75, 3.05) is 0 Å². The first kappa shape index (κ1) is 20.4. The van der Waals surface area contributed by atoms with E-state index < -0.39 is 0 Å². The van der Waals surface area contributed by atoms with Crippen molar-refractivity contribution < 1.29 is 8.83 Å². The minimum Gasteiger partial charge on any atom is -0.456 e. The van der Waals surface area contributed by atoms with E-state index in [-0.39, 0.29) is 0 Å². The highest BCUT2D eigenvalue weighted by Crippen LogP contribution is 2.44. The minimum absolute atomic E-state index is 0.896. The molecule has 0 saturated heterocycles. The Morgan fingerprint density at radius 1 is 0.432 bits per heavy atom. The Kier molecular flexibility index (Phi) is 4.18. The molecule has 0 saturated carbocycles. The summed E-state index contributed by atoms with van der Waals surface area (Å²) in [5.41, 5.74) is 9.47. The summed E-state index contributed by atoms with van der Waals surface area (Å²) in [6.07, 6.45) is 0. The van der Waals surface area contributed by atoms with Gasteiger partial charge in [-0.05, 0) is 82.4 Å². The van der Waals surface area contributed by atoms with E-state index in [1.165, 1.54) is 27.5 Å². The maximum Gasteiger partial charge on any atom is 0.143 e. The Morgan fingerprint density at radius 3 is 1.78 bits per heavy atom. The van der Waals surface area contributed by atoms with Crippen molar-refractivity contribution in [3.8, 4) is 22.3 Å². The van der Waals surface area contributed by atoms with Gasteiger partial charge in [0.05, 0.1) is 0 Å². The molecule has 2 heteroatoms. The fourth-order valence-corrected chi connectivity index (χ4v) is 5.79. The topological polar surface area (TPSA) is 26.3 Å². The highest BCUT2D eigenvalue weighted by molar-refractivity contribution is 6.28. The first-order valence-corrected chi connectivity index (χ1v) is 12.6. The van der Waals surface area contributed by atoms with E-state index in [2.05, 4.69) is 122 Å². The number of hydrogen-bond donors (Lipinski definition) is 0. The second kappa shape index (κ2) is 7.59. The van der Waals surface area contributed by atoms with E-state index in [1.54, 1.807) is 0 Å². The van der Waals surface area contributed by atoms with Crippen LogP contribution in [0, 0.1) is 6.92 Å². The van der Waals surface area contributed by atoms with Crippen molar-refractivity contribution in [2.24, 2.45) is 0 Å². The number of rotatable bonds is 2. The predicted octanol–water partition coefficient (Wildman–Crippen LogP) is 10.3. The molecule has 0 bridgehead atoms. The smallest absolute Gasteiger partial charge is 0.143 e. The summed E-state index contributed by atoms with van der Waals surface area (Å²) >= 11 is 0. The molecule has 8 rings (SSSR count). The first-order chi connectivity index (χ1) is 18.2. The fraction of sp³-hybridized carbons (Fsp3) is 0.0286. The van der Waals surface area contributed by atoms with E-state index in [0.29, 0.717) is 0 Å². The van der Waals surface area contributed by atoms with Gasteiger partial charge in [-0.2, -0.15) is 0 Å². The standard InChI is InChI=1S/C35H22O2/c1-21-12-13-27-32(18-21)36-30-16-14-26-25(33(27)30)15-17-31-34(26)29-20-24(22-8-4-2-5-9-22)19-28(35(29)37-31)23-10-6-3-7-11-23/h2-20H,1H3. The lowest BCUT2D eigenvalue weighted by Crippen LogP contribution is -1.83. The van der Waals surface area contributed by atoms with E-state index in [1.807, 2.05) is 0 Å². The zero-order valence-corrected chi connectivity index (χ0v) is 20.3. The van der Waals surface area contributed by atoms with Crippen molar-refractivity contribution in [3.05, 3.63) is 121 Å². The quantitative estimate of drug-likeness (QED) is 0.249. The Morgan fingerprint density at radius 2 is 1.05 bits per heavy atom. The van der Waals surface area contributed by atoms with Crippen LogP contribution in [0.25, 0.3) is 76.9 Å². The maximum absolute atomic E-state index is 6.61. The monoisotopic (exact) mass is 474 g/mol. The molecule has 2 heterocycles. The van der Waals surface area contributed by atoms with E-state index >= 15 is 0 Å². The summed E-state index contributed by atoms with van der Waals surface area (Å²) in [4.78, 5) is 0. The zero-order valence-electron chi connectivity index (χ0n) is 20.3. The summed E-state index contributed by atoms with van der Waals surface area (Å²) in [5, 5.41) is 6.94. The van der Waals surface area contributed by atoms with Crippen LogP contribution in [-0.2, 0) is 0 Å². The van der Waals surface area contributed by atoms with Gasteiger partial charge in [0.25, 0.3) is 0 Å². The third kappa shape index (κ3) is 2.99. The number of fused-ring (bicyclic) bond motifs is 9. The molecule has 174 valence electrons. The Labute approximate surface area is 213 Å². The molecule has 0 amide bonds. The molecular weight excluding hydrogens is 452 g/mol. The van der Waals surface area contributed by atoms with Gasteiger partial charge < -0.3 is 8.83 Å². The van der Waals surface area contributed by atoms with Gasteiger partial charge in [0.15, 0.2) is 0 Å². The van der Waals surface area contributed by atoms with Crippen molar-refractivity contribution in [2.45, 2.75) is 6.92 Å². The van der Waals surface area contributed by atoms with E-state index in [4.69, 9.17) is 8.83 Å². The molecule has 0 aliphatic carbocycles. The maximum atomic E-state index is 6.61. The summed E-state index contributed by atoms with van der Waals surface area (Å²) in [7, 11) is 0. The number of aryl methyl sites for hydroxylation is 1. The lowest BCUT2D eigenvalue weighted by atomic mass is 9.94. The minimum atomic E-state index is 0.896. The molecular formula is C35H22O2. The molecule has 0 N–H and O–H groups in total. The third-order valence-electron chi connectivity index (χ3n) is 7.51. The molecule has 0 unspecified atom stereocenters. The van der Waals surface area contributed by atoms with Crippen LogP contribution < -0.4 is 0 Å². The molecule has 2 aromatic heterocycles. The molecule has 6 aromatic carbocycles. The molecule has 0 atom stereocenters. The average molecular weight is 475 g/mol. The molecule has 0 aliphatic heterocycles. The Bertz CT molecular complexity index is 2130. The molecule has 0 aliphatic rings. The second-order valence-electron chi connectivity index (χ2n) is 9.81. The van der Waals surface area contributed by atoms with Crippen LogP contribution in [-0.4, -0.2) is 0 Å². The van der Waals surface area contributed by atoms with Gasteiger partial charge in [-0.1, -0.05) is 72.8 Å². The number of hydrogen-bond acceptors (Lipinski definition) is 2. The van der Waals surface area contributed by atoms with Crippen LogP contribution in [0.15, 0.2) is 124 Å². The Balaban J connectivity index is 1.53. The van der Waals surface area contributed by atoms with Crippen LogP contribution in [0.5, 0.6) is 0 Å². The molecule has 8 aromatic rings. The average Bonchev–Trinajstić information content (AvgIpc) is 3.51. The van der Waals surface area contributed by atoms with Crippen LogP contribution in [0.3, 0.4) is 0 Å². The largest absolute Gasteiger partial charge is 0.456 e. The SMILES string of the molecule is Cc1ccc2c(c1)oc1ccc3c(ccc4oc5c(-c6ccccc6)cc(-c6ccccc6)cc5c43)c12. The predicted molar refractivity (Wildman–Crippen MR) is 154 cm³/mol. The van der Waals surface area contributed by atoms with Gasteiger partial charge in [-0.3, -0.25) is 0 Å². The van der Waals surface area contributed by atoms with Crippen LogP contribution in [0.2, 0.25) is 0 Å². The Hall–Kier alpha value is -4.82. The van der Waals surface area contributed by atoms with Gasteiger partial charge in [0, 0.05) is 27.1 Å². The molecule has 37 heavy (non-hydrogen) atoms. The molecule has 2 nitrogen and oxygen atoms in total.